The summed E-state index contributed by atoms with van der Waals surface area (Å²) in [6.07, 6.45) is 0. The first kappa shape index (κ1) is 15.2. The zero-order valence-electron chi connectivity index (χ0n) is 12.1. The summed E-state index contributed by atoms with van der Waals surface area (Å²) in [4.78, 5) is 12.0. The normalized spacial score (nSPS) is 10.9. The Morgan fingerprint density at radius 3 is 2.29 bits per heavy atom. The van der Waals surface area contributed by atoms with Crippen LogP contribution in [-0.4, -0.2) is 5.97 Å². The van der Waals surface area contributed by atoms with Crippen LogP contribution in [0.1, 0.15) is 27.0 Å². The maximum Gasteiger partial charge on any atom is 0.808 e. The van der Waals surface area contributed by atoms with Crippen LogP contribution >= 0.6 is 8.25 Å². The van der Waals surface area contributed by atoms with E-state index in [0.29, 0.717) is 11.3 Å². The van der Waals surface area contributed by atoms with Crippen molar-refractivity contribution >= 4 is 14.2 Å². The monoisotopic (exact) mass is 303 g/mol. The Labute approximate surface area is 124 Å². The van der Waals surface area contributed by atoms with Crippen LogP contribution in [0.3, 0.4) is 0 Å². The van der Waals surface area contributed by atoms with E-state index in [1.165, 1.54) is 0 Å². The number of hydrogen-bond donors (Lipinski definition) is 0. The van der Waals surface area contributed by atoms with Crippen molar-refractivity contribution in [2.45, 2.75) is 20.8 Å². The molecule has 21 heavy (non-hydrogen) atoms. The fourth-order valence-electron chi connectivity index (χ4n) is 1.88. The second kappa shape index (κ2) is 6.51. The molecule has 2 rings (SSSR count). The maximum absolute atomic E-state index is 12.0. The van der Waals surface area contributed by atoms with E-state index in [1.54, 1.807) is 30.3 Å². The van der Waals surface area contributed by atoms with Gasteiger partial charge in [0.15, 0.2) is 5.75 Å². The summed E-state index contributed by atoms with van der Waals surface area (Å²) < 4.78 is 21.7. The van der Waals surface area contributed by atoms with Gasteiger partial charge in [0.05, 0.1) is 5.56 Å². The Hall–Kier alpha value is -2.19. The van der Waals surface area contributed by atoms with Gasteiger partial charge in [-0.15, -0.1) is 0 Å². The van der Waals surface area contributed by atoms with Crippen LogP contribution in [-0.2, 0) is 9.09 Å². The van der Waals surface area contributed by atoms with Crippen molar-refractivity contribution in [2.75, 3.05) is 0 Å². The van der Waals surface area contributed by atoms with Crippen molar-refractivity contribution in [1.29, 1.82) is 0 Å². The van der Waals surface area contributed by atoms with Crippen molar-refractivity contribution in [3.63, 3.8) is 0 Å². The molecule has 0 amide bonds. The molecule has 0 heterocycles. The maximum atomic E-state index is 12.0. The fourth-order valence-corrected chi connectivity index (χ4v) is 2.45. The zero-order chi connectivity index (χ0) is 15.4. The van der Waals surface area contributed by atoms with Gasteiger partial charge in [0.1, 0.15) is 0 Å². The Bertz CT molecular complexity index is 680. The topological polar surface area (TPSA) is 52.6 Å². The van der Waals surface area contributed by atoms with Crippen LogP contribution < -0.4 is 4.52 Å². The van der Waals surface area contributed by atoms with Gasteiger partial charge < -0.3 is 0 Å². The van der Waals surface area contributed by atoms with Crippen LogP contribution in [0.5, 0.6) is 5.75 Å². The number of para-hydroxylation sites is 1. The van der Waals surface area contributed by atoms with Crippen LogP contribution in [0.15, 0.2) is 42.5 Å². The van der Waals surface area contributed by atoms with E-state index in [1.807, 2.05) is 32.9 Å². The van der Waals surface area contributed by atoms with Gasteiger partial charge in [0.2, 0.25) is 0 Å². The summed E-state index contributed by atoms with van der Waals surface area (Å²) in [6.45, 7) is 5.74. The molecule has 0 aliphatic rings. The number of benzene rings is 2. The SMILES string of the molecule is Cc1ccc(C(=O)O[P+](=O)Oc2ccccc2)c(C)c1C. The molecule has 0 bridgehead atoms. The minimum atomic E-state index is -2.55. The lowest BCUT2D eigenvalue weighted by Gasteiger charge is -2.07. The van der Waals surface area contributed by atoms with Crippen molar-refractivity contribution < 1.29 is 18.4 Å². The largest absolute Gasteiger partial charge is 0.808 e. The first-order valence-electron chi connectivity index (χ1n) is 6.48. The summed E-state index contributed by atoms with van der Waals surface area (Å²) in [7, 11) is -2.55. The summed E-state index contributed by atoms with van der Waals surface area (Å²) >= 11 is 0. The number of carbonyl (C=O) groups is 1. The predicted octanol–water partition coefficient (Wildman–Crippen LogP) is 4.51. The van der Waals surface area contributed by atoms with E-state index < -0.39 is 14.2 Å². The van der Waals surface area contributed by atoms with Gasteiger partial charge >= 0.3 is 14.2 Å². The molecule has 5 heteroatoms. The summed E-state index contributed by atoms with van der Waals surface area (Å²) in [6, 6.07) is 12.1. The molecule has 4 nitrogen and oxygen atoms in total. The van der Waals surface area contributed by atoms with Gasteiger partial charge in [-0.1, -0.05) is 24.3 Å². The lowest BCUT2D eigenvalue weighted by Crippen LogP contribution is -2.05. The molecule has 0 fully saturated rings. The van der Waals surface area contributed by atoms with E-state index in [0.717, 1.165) is 16.7 Å². The van der Waals surface area contributed by atoms with E-state index >= 15 is 0 Å². The summed E-state index contributed by atoms with van der Waals surface area (Å²) in [5.41, 5.74) is 3.33. The Kier molecular flexibility index (Phi) is 4.71. The lowest BCUT2D eigenvalue weighted by molar-refractivity contribution is 0.0732. The van der Waals surface area contributed by atoms with Crippen molar-refractivity contribution in [3.05, 3.63) is 64.7 Å². The smallest absolute Gasteiger partial charge is 0.241 e. The molecular weight excluding hydrogens is 287 g/mol. The van der Waals surface area contributed by atoms with Crippen molar-refractivity contribution in [1.82, 2.24) is 0 Å². The predicted molar refractivity (Wildman–Crippen MR) is 80.7 cm³/mol. The minimum absolute atomic E-state index is 0.392. The molecule has 2 aromatic carbocycles. The summed E-state index contributed by atoms with van der Waals surface area (Å²) in [5, 5.41) is 0. The molecule has 0 saturated heterocycles. The van der Waals surface area contributed by atoms with Gasteiger partial charge in [-0.3, -0.25) is 0 Å². The zero-order valence-corrected chi connectivity index (χ0v) is 13.0. The van der Waals surface area contributed by atoms with Crippen LogP contribution in [0, 0.1) is 20.8 Å². The fraction of sp³-hybridized carbons (Fsp3) is 0.188. The van der Waals surface area contributed by atoms with E-state index in [4.69, 9.17) is 9.05 Å². The summed E-state index contributed by atoms with van der Waals surface area (Å²) in [5.74, 6) is -0.254. The van der Waals surface area contributed by atoms with E-state index in [2.05, 4.69) is 0 Å². The second-order valence-corrected chi connectivity index (χ2v) is 5.50. The number of hydrogen-bond acceptors (Lipinski definition) is 4. The third-order valence-corrected chi connectivity index (χ3v) is 4.03. The minimum Gasteiger partial charge on any atom is -0.241 e. The van der Waals surface area contributed by atoms with Gasteiger partial charge in [-0.2, -0.15) is 4.52 Å². The molecule has 0 aromatic heterocycles. The van der Waals surface area contributed by atoms with Gasteiger partial charge in [-0.25, -0.2) is 9.32 Å². The van der Waals surface area contributed by atoms with Crippen LogP contribution in [0.4, 0.5) is 0 Å². The standard InChI is InChI=1S/C16H16O4P/c1-11-9-10-15(13(3)12(11)2)16(17)20-21(18)19-14-7-5-4-6-8-14/h4-10H,1-3H3/q+1. The molecule has 1 unspecified atom stereocenters. The third-order valence-electron chi connectivity index (χ3n) is 3.36. The Balaban J connectivity index is 2.08. The van der Waals surface area contributed by atoms with Gasteiger partial charge in [0.25, 0.3) is 0 Å². The highest BCUT2D eigenvalue weighted by Crippen LogP contribution is 2.30. The average Bonchev–Trinajstić information content (AvgIpc) is 2.45. The molecule has 1 atom stereocenters. The average molecular weight is 303 g/mol. The second-order valence-electron chi connectivity index (χ2n) is 4.69. The highest BCUT2D eigenvalue weighted by atomic mass is 31.1. The molecule has 0 aliphatic carbocycles. The van der Waals surface area contributed by atoms with Crippen LogP contribution in [0.25, 0.3) is 0 Å². The van der Waals surface area contributed by atoms with E-state index in [-0.39, 0.29) is 0 Å². The van der Waals surface area contributed by atoms with E-state index in [9.17, 15) is 9.36 Å². The van der Waals surface area contributed by atoms with Crippen LogP contribution in [0.2, 0.25) is 0 Å². The molecule has 0 aliphatic heterocycles. The molecule has 0 saturated carbocycles. The molecular formula is C16H16O4P+. The molecule has 2 aromatic rings. The molecule has 0 radical (unpaired) electrons. The number of carbonyl (C=O) groups excluding carboxylic acids is 1. The quantitative estimate of drug-likeness (QED) is 0.780. The van der Waals surface area contributed by atoms with Crippen molar-refractivity contribution in [2.24, 2.45) is 0 Å². The van der Waals surface area contributed by atoms with Gasteiger partial charge in [-0.05, 0) is 55.7 Å². The molecule has 0 spiro atoms. The molecule has 0 N–H and O–H groups in total. The molecule has 108 valence electrons. The Morgan fingerprint density at radius 1 is 0.952 bits per heavy atom. The lowest BCUT2D eigenvalue weighted by atomic mass is 9.99. The Morgan fingerprint density at radius 2 is 1.62 bits per heavy atom. The first-order valence-corrected chi connectivity index (χ1v) is 7.58. The van der Waals surface area contributed by atoms with Gasteiger partial charge in [0, 0.05) is 4.57 Å². The number of rotatable bonds is 4. The number of aryl methyl sites for hydroxylation is 1. The van der Waals surface area contributed by atoms with Crippen molar-refractivity contribution in [3.8, 4) is 5.75 Å². The highest BCUT2D eigenvalue weighted by molar-refractivity contribution is 7.34. The first-order chi connectivity index (χ1) is 9.99. The third kappa shape index (κ3) is 3.67. The highest BCUT2D eigenvalue weighted by Gasteiger charge is 2.30.